The van der Waals surface area contributed by atoms with Crippen molar-refractivity contribution in [1.82, 2.24) is 4.90 Å². The van der Waals surface area contributed by atoms with Gasteiger partial charge in [0.05, 0.1) is 11.6 Å². The summed E-state index contributed by atoms with van der Waals surface area (Å²) in [5.41, 5.74) is -0.236. The Morgan fingerprint density at radius 2 is 1.95 bits per heavy atom. The molecule has 1 saturated heterocycles. The molecule has 1 aliphatic rings. The van der Waals surface area contributed by atoms with Crippen LogP contribution in [0.5, 0.6) is 0 Å². The summed E-state index contributed by atoms with van der Waals surface area (Å²) in [5, 5.41) is 10.4. The van der Waals surface area contributed by atoms with Crippen molar-refractivity contribution in [3.05, 3.63) is 35.9 Å². The molecule has 2 unspecified atom stereocenters. The zero-order valence-corrected chi connectivity index (χ0v) is 13.3. The molecule has 1 heterocycles. The maximum Gasteiger partial charge on any atom is 0.410 e. The lowest BCUT2D eigenvalue weighted by Crippen LogP contribution is -2.48. The Morgan fingerprint density at radius 1 is 1.33 bits per heavy atom. The van der Waals surface area contributed by atoms with Gasteiger partial charge in [0.1, 0.15) is 5.60 Å². The van der Waals surface area contributed by atoms with E-state index >= 15 is 0 Å². The number of amides is 1. The normalized spacial score (nSPS) is 26.5. The van der Waals surface area contributed by atoms with Crippen LogP contribution in [-0.4, -0.2) is 33.8 Å². The quantitative estimate of drug-likeness (QED) is 0.861. The summed E-state index contributed by atoms with van der Waals surface area (Å²) in [4.78, 5) is 14.2. The van der Waals surface area contributed by atoms with E-state index in [1.165, 1.54) is 0 Å². The third-order valence-electron chi connectivity index (χ3n) is 3.71. The fourth-order valence-corrected chi connectivity index (χ4v) is 2.66. The summed E-state index contributed by atoms with van der Waals surface area (Å²) >= 11 is 0. The van der Waals surface area contributed by atoms with Crippen molar-refractivity contribution in [3.8, 4) is 0 Å². The minimum Gasteiger partial charge on any atom is -0.444 e. The van der Waals surface area contributed by atoms with Gasteiger partial charge in [-0.1, -0.05) is 30.3 Å². The second kappa shape index (κ2) is 5.68. The van der Waals surface area contributed by atoms with Crippen LogP contribution in [-0.2, 0) is 4.74 Å². The average Bonchev–Trinajstić information content (AvgIpc) is 2.36. The summed E-state index contributed by atoms with van der Waals surface area (Å²) < 4.78 is 5.50. The van der Waals surface area contributed by atoms with E-state index in [2.05, 4.69) is 0 Å². The number of carbonyl (C=O) groups is 1. The fraction of sp³-hybridized carbons (Fsp3) is 0.588. The maximum absolute atomic E-state index is 12.4. The number of aliphatic hydroxyl groups is 1. The zero-order valence-electron chi connectivity index (χ0n) is 13.3. The second-order valence-electron chi connectivity index (χ2n) is 7.05. The highest BCUT2D eigenvalue weighted by molar-refractivity contribution is 5.69. The van der Waals surface area contributed by atoms with Gasteiger partial charge in [0, 0.05) is 13.0 Å². The largest absolute Gasteiger partial charge is 0.444 e. The summed E-state index contributed by atoms with van der Waals surface area (Å²) in [7, 11) is 0. The SMILES string of the molecule is CC1(O)CCN(C(=O)OC(C)(C)C)C(c2ccccc2)C1. The summed E-state index contributed by atoms with van der Waals surface area (Å²) in [6.45, 7) is 7.92. The molecule has 1 fully saturated rings. The van der Waals surface area contributed by atoms with Crippen molar-refractivity contribution in [2.24, 2.45) is 0 Å². The minimum absolute atomic E-state index is 0.148. The van der Waals surface area contributed by atoms with Gasteiger partial charge in [-0.3, -0.25) is 0 Å². The zero-order chi connectivity index (χ0) is 15.7. The third-order valence-corrected chi connectivity index (χ3v) is 3.71. The van der Waals surface area contributed by atoms with Gasteiger partial charge in [0.2, 0.25) is 0 Å². The van der Waals surface area contributed by atoms with Crippen molar-refractivity contribution >= 4 is 6.09 Å². The molecule has 0 radical (unpaired) electrons. The first-order valence-corrected chi connectivity index (χ1v) is 7.45. The molecule has 21 heavy (non-hydrogen) atoms. The standard InChI is InChI=1S/C17H25NO3/c1-16(2,3)21-15(19)18-11-10-17(4,20)12-14(18)13-8-6-5-7-9-13/h5-9,14,20H,10-12H2,1-4H3. The highest BCUT2D eigenvalue weighted by Crippen LogP contribution is 2.37. The number of hydrogen-bond acceptors (Lipinski definition) is 3. The molecular weight excluding hydrogens is 266 g/mol. The van der Waals surface area contributed by atoms with Crippen LogP contribution in [0, 0.1) is 0 Å². The number of ether oxygens (including phenoxy) is 1. The van der Waals surface area contributed by atoms with E-state index in [0.29, 0.717) is 19.4 Å². The van der Waals surface area contributed by atoms with Gasteiger partial charge < -0.3 is 14.7 Å². The summed E-state index contributed by atoms with van der Waals surface area (Å²) in [5.74, 6) is 0. The Bertz CT molecular complexity index is 491. The molecule has 1 aliphatic heterocycles. The lowest BCUT2D eigenvalue weighted by molar-refractivity contribution is -0.0452. The van der Waals surface area contributed by atoms with Gasteiger partial charge >= 0.3 is 6.09 Å². The van der Waals surface area contributed by atoms with Crippen molar-refractivity contribution in [2.75, 3.05) is 6.54 Å². The van der Waals surface area contributed by atoms with Crippen LogP contribution in [0.4, 0.5) is 4.79 Å². The predicted octanol–water partition coefficient (Wildman–Crippen LogP) is 3.51. The molecule has 0 aromatic heterocycles. The summed E-state index contributed by atoms with van der Waals surface area (Å²) in [6.07, 6.45) is 0.776. The Kier molecular flexibility index (Phi) is 4.28. The highest BCUT2D eigenvalue weighted by atomic mass is 16.6. The van der Waals surface area contributed by atoms with Gasteiger partial charge in [-0.2, -0.15) is 0 Å². The average molecular weight is 291 g/mol. The first-order valence-electron chi connectivity index (χ1n) is 7.45. The monoisotopic (exact) mass is 291 g/mol. The van der Waals surface area contributed by atoms with Crippen LogP contribution in [0.1, 0.15) is 52.1 Å². The molecular formula is C17H25NO3. The number of likely N-dealkylation sites (tertiary alicyclic amines) is 1. The molecule has 1 aromatic carbocycles. The van der Waals surface area contributed by atoms with Gasteiger partial charge in [-0.05, 0) is 39.7 Å². The Hall–Kier alpha value is -1.55. The molecule has 2 rings (SSSR count). The molecule has 0 spiro atoms. The van der Waals surface area contributed by atoms with Crippen LogP contribution in [0.15, 0.2) is 30.3 Å². The second-order valence-corrected chi connectivity index (χ2v) is 7.05. The number of carbonyl (C=O) groups excluding carboxylic acids is 1. The molecule has 1 amide bonds. The molecule has 0 aliphatic carbocycles. The van der Waals surface area contributed by atoms with Crippen LogP contribution in [0.3, 0.4) is 0 Å². The van der Waals surface area contributed by atoms with Gasteiger partial charge in [-0.15, -0.1) is 0 Å². The Morgan fingerprint density at radius 3 is 2.52 bits per heavy atom. The van der Waals surface area contributed by atoms with Crippen molar-refractivity contribution in [1.29, 1.82) is 0 Å². The van der Waals surface area contributed by atoms with E-state index in [9.17, 15) is 9.90 Å². The lowest BCUT2D eigenvalue weighted by atomic mass is 9.85. The lowest BCUT2D eigenvalue weighted by Gasteiger charge is -2.42. The van der Waals surface area contributed by atoms with Crippen molar-refractivity contribution in [2.45, 2.75) is 57.8 Å². The topological polar surface area (TPSA) is 49.8 Å². The van der Waals surface area contributed by atoms with E-state index in [-0.39, 0.29) is 12.1 Å². The molecule has 116 valence electrons. The number of rotatable bonds is 1. The molecule has 1 N–H and O–H groups in total. The van der Waals surface area contributed by atoms with Gasteiger partial charge in [-0.25, -0.2) is 4.79 Å². The van der Waals surface area contributed by atoms with Gasteiger partial charge in [0.15, 0.2) is 0 Å². The molecule has 4 heteroatoms. The Labute approximate surface area is 126 Å². The van der Waals surface area contributed by atoms with E-state index < -0.39 is 11.2 Å². The van der Waals surface area contributed by atoms with Crippen LogP contribution in [0.2, 0.25) is 0 Å². The number of hydrogen-bond donors (Lipinski definition) is 1. The fourth-order valence-electron chi connectivity index (χ4n) is 2.66. The van der Waals surface area contributed by atoms with Gasteiger partial charge in [0.25, 0.3) is 0 Å². The number of piperidine rings is 1. The molecule has 4 nitrogen and oxygen atoms in total. The third kappa shape index (κ3) is 4.21. The van der Waals surface area contributed by atoms with Crippen LogP contribution >= 0.6 is 0 Å². The molecule has 2 atom stereocenters. The molecule has 0 bridgehead atoms. The van der Waals surface area contributed by atoms with E-state index in [4.69, 9.17) is 4.74 Å². The highest BCUT2D eigenvalue weighted by Gasteiger charge is 2.39. The number of benzene rings is 1. The smallest absolute Gasteiger partial charge is 0.410 e. The van der Waals surface area contributed by atoms with E-state index in [0.717, 1.165) is 5.56 Å². The summed E-state index contributed by atoms with van der Waals surface area (Å²) in [6, 6.07) is 9.68. The number of nitrogens with zero attached hydrogens (tertiary/aromatic N) is 1. The van der Waals surface area contributed by atoms with Crippen LogP contribution in [0.25, 0.3) is 0 Å². The molecule has 1 aromatic rings. The maximum atomic E-state index is 12.4. The minimum atomic E-state index is -0.751. The molecule has 0 saturated carbocycles. The van der Waals surface area contributed by atoms with Crippen molar-refractivity contribution < 1.29 is 14.6 Å². The first-order chi connectivity index (χ1) is 9.68. The van der Waals surface area contributed by atoms with E-state index in [1.807, 2.05) is 58.0 Å². The van der Waals surface area contributed by atoms with E-state index in [1.54, 1.807) is 4.90 Å². The Balaban J connectivity index is 2.24. The predicted molar refractivity (Wildman–Crippen MR) is 82.0 cm³/mol. The van der Waals surface area contributed by atoms with Crippen LogP contribution < -0.4 is 0 Å². The first kappa shape index (κ1) is 15.8. The van der Waals surface area contributed by atoms with Crippen molar-refractivity contribution in [3.63, 3.8) is 0 Å².